The van der Waals surface area contributed by atoms with Crippen LogP contribution in [0.5, 0.6) is 5.75 Å². The van der Waals surface area contributed by atoms with Gasteiger partial charge in [-0.25, -0.2) is 4.90 Å². The van der Waals surface area contributed by atoms with Gasteiger partial charge in [0.25, 0.3) is 6.17 Å². The molecule has 182 valence electrons. The Labute approximate surface area is 221 Å². The highest BCUT2D eigenvalue weighted by molar-refractivity contribution is 9.10. The van der Waals surface area contributed by atoms with Gasteiger partial charge in [-0.2, -0.15) is 0 Å². The second-order valence-electron chi connectivity index (χ2n) is 8.22. The summed E-state index contributed by atoms with van der Waals surface area (Å²) in [6.07, 6.45) is -0.728. The number of H-pyrrole nitrogens is 1. The molecule has 0 aliphatic carbocycles. The maximum absolute atomic E-state index is 13.4. The van der Waals surface area contributed by atoms with Crippen molar-refractivity contribution in [1.29, 1.82) is 0 Å². The molecular weight excluding hydrogens is 540 g/mol. The van der Waals surface area contributed by atoms with E-state index in [0.717, 1.165) is 15.8 Å². The number of hydrogen-bond acceptors (Lipinski definition) is 5. The number of carbonyl (C=O) groups is 1. The van der Waals surface area contributed by atoms with E-state index in [0.29, 0.717) is 40.0 Å². The van der Waals surface area contributed by atoms with Crippen LogP contribution in [0.4, 0.5) is 5.69 Å². The number of nitrogens with zero attached hydrogens (tertiary/aromatic N) is 3. The summed E-state index contributed by atoms with van der Waals surface area (Å²) in [5.41, 5.74) is 3.15. The maximum Gasteiger partial charge on any atom is 0.325 e. The molecule has 0 saturated heterocycles. The Morgan fingerprint density at radius 2 is 1.89 bits per heavy atom. The first-order valence-corrected chi connectivity index (χ1v) is 13.3. The summed E-state index contributed by atoms with van der Waals surface area (Å²) in [4.78, 5) is 31.1. The number of thioether (sulfide) groups is 1. The maximum atomic E-state index is 13.4. The van der Waals surface area contributed by atoms with E-state index in [1.807, 2.05) is 79.7 Å². The van der Waals surface area contributed by atoms with E-state index in [1.54, 1.807) is 9.58 Å². The molecule has 2 heterocycles. The molecule has 3 aromatic carbocycles. The Morgan fingerprint density at radius 1 is 1.14 bits per heavy atom. The van der Waals surface area contributed by atoms with E-state index in [4.69, 9.17) is 9.84 Å². The van der Waals surface area contributed by atoms with Gasteiger partial charge in [0.2, 0.25) is 11.1 Å². The van der Waals surface area contributed by atoms with E-state index < -0.39 is 6.17 Å². The Morgan fingerprint density at radius 3 is 2.64 bits per heavy atom. The van der Waals surface area contributed by atoms with Gasteiger partial charge in [-0.15, -0.1) is 0 Å². The van der Waals surface area contributed by atoms with Crippen molar-refractivity contribution in [1.82, 2.24) is 10.1 Å². The summed E-state index contributed by atoms with van der Waals surface area (Å²) in [6.45, 7) is 3.87. The molecule has 1 amide bonds. The third kappa shape index (κ3) is 4.56. The second-order valence-corrected chi connectivity index (χ2v) is 10.4. The Hall–Kier alpha value is -3.43. The fraction of sp³-hybridized carbons (Fsp3) is 0.185. The van der Waals surface area contributed by atoms with Gasteiger partial charge in [0.1, 0.15) is 12.4 Å². The molecule has 1 N–H and O–H groups in total. The quantitative estimate of drug-likeness (QED) is 0.261. The molecular formula is C27H24BrN4O3S+. The standard InChI is InChI=1S/C27H23BrN4O3S/c1-3-36-27-29-25(34)24-20-11-7-8-12-22(20)31(17(2)33)26(32(24)30-27)21-15-19(28)13-14-23(21)35-16-18-9-5-4-6-10-18/h4-15,26H,3,16H2,1-2H3/p+1. The van der Waals surface area contributed by atoms with Gasteiger partial charge in [-0.3, -0.25) is 14.6 Å². The van der Waals surface area contributed by atoms with Crippen LogP contribution in [0.2, 0.25) is 0 Å². The topological polar surface area (TPSA) is 79.2 Å². The molecule has 5 rings (SSSR count). The van der Waals surface area contributed by atoms with E-state index in [1.165, 1.54) is 18.7 Å². The SMILES string of the molecule is CCSc1n[n+]2c(c(=O)[nH]1)-c1ccccc1N(C(C)=O)C2c1cc(Br)ccc1OCc1ccccc1. The lowest BCUT2D eigenvalue weighted by Crippen LogP contribution is -2.60. The van der Waals surface area contributed by atoms with Crippen molar-refractivity contribution >= 4 is 39.3 Å². The highest BCUT2D eigenvalue weighted by Crippen LogP contribution is 2.40. The number of para-hydroxylation sites is 1. The lowest BCUT2D eigenvalue weighted by molar-refractivity contribution is -0.763. The van der Waals surface area contributed by atoms with Crippen LogP contribution in [-0.2, 0) is 11.4 Å². The van der Waals surface area contributed by atoms with Gasteiger partial charge in [-0.1, -0.05) is 77.1 Å². The lowest BCUT2D eigenvalue weighted by atomic mass is 10.0. The molecule has 0 radical (unpaired) electrons. The minimum atomic E-state index is -0.728. The number of aromatic amines is 1. The van der Waals surface area contributed by atoms with E-state index >= 15 is 0 Å². The van der Waals surface area contributed by atoms with Gasteiger partial charge in [0.15, 0.2) is 0 Å². The number of anilines is 1. The number of rotatable bonds is 6. The zero-order valence-corrected chi connectivity index (χ0v) is 22.2. The lowest BCUT2D eigenvalue weighted by Gasteiger charge is -2.32. The number of carbonyl (C=O) groups excluding carboxylic acids is 1. The van der Waals surface area contributed by atoms with E-state index in [9.17, 15) is 9.59 Å². The molecule has 36 heavy (non-hydrogen) atoms. The molecule has 7 nitrogen and oxygen atoms in total. The van der Waals surface area contributed by atoms with Crippen LogP contribution < -0.4 is 19.9 Å². The monoisotopic (exact) mass is 563 g/mol. The highest BCUT2D eigenvalue weighted by Gasteiger charge is 2.46. The minimum absolute atomic E-state index is 0.175. The highest BCUT2D eigenvalue weighted by atomic mass is 79.9. The summed E-state index contributed by atoms with van der Waals surface area (Å²) in [5, 5.41) is 5.29. The van der Waals surface area contributed by atoms with Gasteiger partial charge in [0, 0.05) is 16.5 Å². The van der Waals surface area contributed by atoms with Crippen molar-refractivity contribution in [2.24, 2.45) is 0 Å². The zero-order valence-electron chi connectivity index (χ0n) is 19.8. The fourth-order valence-corrected chi connectivity index (χ4v) is 5.35. The van der Waals surface area contributed by atoms with Crippen molar-refractivity contribution in [2.45, 2.75) is 31.8 Å². The summed E-state index contributed by atoms with van der Waals surface area (Å²) in [6, 6.07) is 23.0. The number of nitrogens with one attached hydrogen (secondary N) is 1. The van der Waals surface area contributed by atoms with Crippen LogP contribution in [-0.4, -0.2) is 21.7 Å². The molecule has 1 aromatic heterocycles. The number of fused-ring (bicyclic) bond motifs is 3. The Bertz CT molecular complexity index is 1490. The first-order valence-electron chi connectivity index (χ1n) is 11.5. The summed E-state index contributed by atoms with van der Waals surface area (Å²) < 4.78 is 8.75. The van der Waals surface area contributed by atoms with Gasteiger partial charge < -0.3 is 4.74 Å². The van der Waals surface area contributed by atoms with E-state index in [2.05, 4.69) is 20.9 Å². The molecule has 0 fully saturated rings. The number of hydrogen-bond donors (Lipinski definition) is 1. The number of aromatic nitrogens is 3. The van der Waals surface area contributed by atoms with E-state index in [-0.39, 0.29) is 11.5 Å². The van der Waals surface area contributed by atoms with Crippen LogP contribution in [0.3, 0.4) is 0 Å². The molecule has 0 bridgehead atoms. The molecule has 9 heteroatoms. The Balaban J connectivity index is 1.73. The average Bonchev–Trinajstić information content (AvgIpc) is 2.87. The molecule has 4 aromatic rings. The van der Waals surface area contributed by atoms with Crippen molar-refractivity contribution in [3.8, 4) is 17.0 Å². The largest absolute Gasteiger partial charge is 0.488 e. The van der Waals surface area contributed by atoms with Crippen LogP contribution in [0, 0.1) is 0 Å². The molecule has 1 unspecified atom stereocenters. The van der Waals surface area contributed by atoms with Crippen molar-refractivity contribution in [3.63, 3.8) is 0 Å². The van der Waals surface area contributed by atoms with Crippen LogP contribution in [0.25, 0.3) is 11.3 Å². The van der Waals surface area contributed by atoms with Gasteiger partial charge in [-0.05, 0) is 46.3 Å². The molecule has 1 aliphatic rings. The number of halogens is 1. The number of benzene rings is 3. The number of ether oxygens (including phenoxy) is 1. The third-order valence-corrected chi connectivity index (χ3v) is 7.10. The normalized spacial score (nSPS) is 14.2. The number of amides is 1. The third-order valence-electron chi connectivity index (χ3n) is 5.87. The Kier molecular flexibility index (Phi) is 6.93. The van der Waals surface area contributed by atoms with Crippen molar-refractivity contribution < 1.29 is 14.2 Å². The fourth-order valence-electron chi connectivity index (χ4n) is 4.38. The first kappa shape index (κ1) is 24.3. The first-order chi connectivity index (χ1) is 17.5. The van der Waals surface area contributed by atoms with Crippen molar-refractivity contribution in [3.05, 3.63) is 98.7 Å². The summed E-state index contributed by atoms with van der Waals surface area (Å²) in [5.74, 6) is 1.16. The molecule has 0 spiro atoms. The molecule has 1 atom stereocenters. The zero-order chi connectivity index (χ0) is 25.2. The average molecular weight is 564 g/mol. The smallest absolute Gasteiger partial charge is 0.325 e. The van der Waals surface area contributed by atoms with Crippen LogP contribution >= 0.6 is 27.7 Å². The van der Waals surface area contributed by atoms with Crippen LogP contribution in [0.1, 0.15) is 31.1 Å². The van der Waals surface area contributed by atoms with Gasteiger partial charge >= 0.3 is 11.3 Å². The predicted molar refractivity (Wildman–Crippen MR) is 143 cm³/mol. The van der Waals surface area contributed by atoms with Crippen molar-refractivity contribution in [2.75, 3.05) is 10.7 Å². The van der Waals surface area contributed by atoms with Crippen LogP contribution in [0.15, 0.2) is 87.2 Å². The predicted octanol–water partition coefficient (Wildman–Crippen LogP) is 5.09. The second kappa shape index (κ2) is 10.3. The molecule has 1 aliphatic heterocycles. The van der Waals surface area contributed by atoms with Gasteiger partial charge in [0.05, 0.1) is 16.8 Å². The minimum Gasteiger partial charge on any atom is -0.488 e. The summed E-state index contributed by atoms with van der Waals surface area (Å²) in [7, 11) is 0. The molecule has 0 saturated carbocycles. The summed E-state index contributed by atoms with van der Waals surface area (Å²) >= 11 is 5.01.